The first-order chi connectivity index (χ1) is 7.63. The lowest BCUT2D eigenvalue weighted by Crippen LogP contribution is -2.02. The van der Waals surface area contributed by atoms with E-state index in [0.717, 1.165) is 11.3 Å². The molecule has 1 aromatic carbocycles. The van der Waals surface area contributed by atoms with E-state index in [2.05, 4.69) is 11.2 Å². The number of nitrogen functional groups attached to an aromatic ring is 1. The van der Waals surface area contributed by atoms with Crippen LogP contribution < -0.4 is 5.73 Å². The predicted molar refractivity (Wildman–Crippen MR) is 62.2 cm³/mol. The van der Waals surface area contributed by atoms with Crippen LogP contribution in [0.25, 0.3) is 5.69 Å². The van der Waals surface area contributed by atoms with Gasteiger partial charge in [-0.2, -0.15) is 10.4 Å². The summed E-state index contributed by atoms with van der Waals surface area (Å²) in [5, 5.41) is 13.2. The standard InChI is InChI=1S/C12H12N4/c1-8-4-3-5-10(6-8)16-12(14)11(7-13)9(2)15-16/h3-6H,14H2,1-2H3. The molecule has 1 aromatic heterocycles. The Kier molecular flexibility index (Phi) is 2.37. The molecule has 0 amide bonds. The van der Waals surface area contributed by atoms with Gasteiger partial charge in [-0.05, 0) is 31.5 Å². The average Bonchev–Trinajstić information content (AvgIpc) is 2.54. The maximum atomic E-state index is 8.93. The quantitative estimate of drug-likeness (QED) is 0.785. The molecule has 0 fully saturated rings. The molecule has 0 aliphatic heterocycles. The Bertz CT molecular complexity index is 575. The molecule has 2 rings (SSSR count). The highest BCUT2D eigenvalue weighted by molar-refractivity contribution is 5.56. The Hall–Kier alpha value is -2.28. The third-order valence-corrected chi connectivity index (χ3v) is 2.45. The van der Waals surface area contributed by atoms with Crippen LogP contribution in [-0.2, 0) is 0 Å². The summed E-state index contributed by atoms with van der Waals surface area (Å²) in [5.41, 5.74) is 8.98. The van der Waals surface area contributed by atoms with Crippen LogP contribution in [0.1, 0.15) is 16.8 Å². The number of nitrogens with zero attached hydrogens (tertiary/aromatic N) is 3. The number of aromatic nitrogens is 2. The molecule has 0 aliphatic rings. The first kappa shape index (κ1) is 10.2. The minimum atomic E-state index is 0.394. The second kappa shape index (κ2) is 3.70. The van der Waals surface area contributed by atoms with Gasteiger partial charge in [0.2, 0.25) is 0 Å². The van der Waals surface area contributed by atoms with Gasteiger partial charge in [-0.25, -0.2) is 4.68 Å². The van der Waals surface area contributed by atoms with Crippen molar-refractivity contribution in [2.75, 3.05) is 5.73 Å². The maximum absolute atomic E-state index is 8.93. The zero-order chi connectivity index (χ0) is 11.7. The van der Waals surface area contributed by atoms with Crippen molar-refractivity contribution >= 4 is 5.82 Å². The number of hydrogen-bond donors (Lipinski definition) is 1. The Morgan fingerprint density at radius 3 is 2.69 bits per heavy atom. The van der Waals surface area contributed by atoms with Gasteiger partial charge >= 0.3 is 0 Å². The van der Waals surface area contributed by atoms with E-state index in [4.69, 9.17) is 11.0 Å². The minimum Gasteiger partial charge on any atom is -0.382 e. The molecule has 0 bridgehead atoms. The number of aryl methyl sites for hydroxylation is 2. The number of benzene rings is 1. The Balaban J connectivity index is 2.62. The summed E-state index contributed by atoms with van der Waals surface area (Å²) in [4.78, 5) is 0. The normalized spacial score (nSPS) is 10.1. The van der Waals surface area contributed by atoms with Crippen LogP contribution in [0, 0.1) is 25.2 Å². The van der Waals surface area contributed by atoms with Gasteiger partial charge < -0.3 is 5.73 Å². The lowest BCUT2D eigenvalue weighted by atomic mass is 10.2. The summed E-state index contributed by atoms with van der Waals surface area (Å²) < 4.78 is 1.60. The fourth-order valence-corrected chi connectivity index (χ4v) is 1.64. The van der Waals surface area contributed by atoms with Gasteiger partial charge in [0.05, 0.1) is 11.4 Å². The number of hydrogen-bond acceptors (Lipinski definition) is 3. The van der Waals surface area contributed by atoms with Crippen molar-refractivity contribution in [3.05, 3.63) is 41.1 Å². The van der Waals surface area contributed by atoms with Gasteiger partial charge in [-0.15, -0.1) is 0 Å². The predicted octanol–water partition coefficient (Wildman–Crippen LogP) is 1.94. The molecule has 80 valence electrons. The summed E-state index contributed by atoms with van der Waals surface area (Å²) in [7, 11) is 0. The summed E-state index contributed by atoms with van der Waals surface area (Å²) in [6.45, 7) is 3.78. The SMILES string of the molecule is Cc1cccc(-n2nc(C)c(C#N)c2N)c1. The number of rotatable bonds is 1. The van der Waals surface area contributed by atoms with Crippen molar-refractivity contribution in [1.82, 2.24) is 9.78 Å². The molecule has 2 aromatic rings. The first-order valence-electron chi connectivity index (χ1n) is 4.95. The van der Waals surface area contributed by atoms with Crippen LogP contribution in [-0.4, -0.2) is 9.78 Å². The highest BCUT2D eigenvalue weighted by Gasteiger charge is 2.12. The van der Waals surface area contributed by atoms with E-state index in [-0.39, 0.29) is 0 Å². The lowest BCUT2D eigenvalue weighted by molar-refractivity contribution is 0.871. The second-order valence-electron chi connectivity index (χ2n) is 3.71. The second-order valence-corrected chi connectivity index (χ2v) is 3.71. The van der Waals surface area contributed by atoms with Crippen molar-refractivity contribution < 1.29 is 0 Å². The molecule has 4 heteroatoms. The summed E-state index contributed by atoms with van der Waals surface area (Å²) in [5.74, 6) is 0.394. The fraction of sp³-hybridized carbons (Fsp3) is 0.167. The summed E-state index contributed by atoms with van der Waals surface area (Å²) in [6.07, 6.45) is 0. The highest BCUT2D eigenvalue weighted by atomic mass is 15.3. The van der Waals surface area contributed by atoms with E-state index in [1.165, 1.54) is 0 Å². The van der Waals surface area contributed by atoms with Crippen molar-refractivity contribution in [1.29, 1.82) is 5.26 Å². The van der Waals surface area contributed by atoms with Gasteiger partial charge in [0, 0.05) is 0 Å². The molecule has 0 saturated heterocycles. The minimum absolute atomic E-state index is 0.394. The molecule has 0 spiro atoms. The van der Waals surface area contributed by atoms with Crippen LogP contribution in [0.2, 0.25) is 0 Å². The van der Waals surface area contributed by atoms with Crippen LogP contribution in [0.5, 0.6) is 0 Å². The number of anilines is 1. The monoisotopic (exact) mass is 212 g/mol. The van der Waals surface area contributed by atoms with Gasteiger partial charge in [0.25, 0.3) is 0 Å². The molecule has 2 N–H and O–H groups in total. The number of nitrogens with two attached hydrogens (primary N) is 1. The van der Waals surface area contributed by atoms with Crippen LogP contribution in [0.15, 0.2) is 24.3 Å². The Morgan fingerprint density at radius 1 is 1.38 bits per heavy atom. The van der Waals surface area contributed by atoms with Gasteiger partial charge in [-0.3, -0.25) is 0 Å². The number of nitriles is 1. The lowest BCUT2D eigenvalue weighted by Gasteiger charge is -2.04. The highest BCUT2D eigenvalue weighted by Crippen LogP contribution is 2.20. The molecule has 0 aliphatic carbocycles. The third kappa shape index (κ3) is 1.52. The Morgan fingerprint density at radius 2 is 2.12 bits per heavy atom. The zero-order valence-electron chi connectivity index (χ0n) is 9.23. The molecule has 0 unspecified atom stereocenters. The van der Waals surface area contributed by atoms with Crippen LogP contribution in [0.3, 0.4) is 0 Å². The first-order valence-corrected chi connectivity index (χ1v) is 4.95. The van der Waals surface area contributed by atoms with E-state index in [9.17, 15) is 0 Å². The molecule has 0 atom stereocenters. The molecular formula is C12H12N4. The van der Waals surface area contributed by atoms with Crippen molar-refractivity contribution in [3.63, 3.8) is 0 Å². The molecule has 1 heterocycles. The van der Waals surface area contributed by atoms with Gasteiger partial charge in [0.15, 0.2) is 0 Å². The van der Waals surface area contributed by atoms with E-state index >= 15 is 0 Å². The van der Waals surface area contributed by atoms with Gasteiger partial charge in [-0.1, -0.05) is 12.1 Å². The third-order valence-electron chi connectivity index (χ3n) is 2.45. The topological polar surface area (TPSA) is 67.6 Å². The largest absolute Gasteiger partial charge is 0.382 e. The van der Waals surface area contributed by atoms with Crippen molar-refractivity contribution in [2.45, 2.75) is 13.8 Å². The summed E-state index contributed by atoms with van der Waals surface area (Å²) in [6, 6.07) is 9.89. The van der Waals surface area contributed by atoms with E-state index < -0.39 is 0 Å². The maximum Gasteiger partial charge on any atom is 0.145 e. The van der Waals surface area contributed by atoms with Crippen LogP contribution in [0.4, 0.5) is 5.82 Å². The van der Waals surface area contributed by atoms with Crippen LogP contribution >= 0.6 is 0 Å². The smallest absolute Gasteiger partial charge is 0.145 e. The fourth-order valence-electron chi connectivity index (χ4n) is 1.64. The van der Waals surface area contributed by atoms with Crippen molar-refractivity contribution in [2.24, 2.45) is 0 Å². The van der Waals surface area contributed by atoms with E-state index in [1.807, 2.05) is 31.2 Å². The Labute approximate surface area is 93.9 Å². The van der Waals surface area contributed by atoms with E-state index in [0.29, 0.717) is 17.1 Å². The zero-order valence-corrected chi connectivity index (χ0v) is 9.23. The van der Waals surface area contributed by atoms with E-state index in [1.54, 1.807) is 11.6 Å². The molecule has 0 saturated carbocycles. The van der Waals surface area contributed by atoms with Crippen molar-refractivity contribution in [3.8, 4) is 11.8 Å². The molecule has 16 heavy (non-hydrogen) atoms. The molecule has 4 nitrogen and oxygen atoms in total. The van der Waals surface area contributed by atoms with Gasteiger partial charge in [0.1, 0.15) is 17.5 Å². The summed E-state index contributed by atoms with van der Waals surface area (Å²) >= 11 is 0. The molecular weight excluding hydrogens is 200 g/mol. The average molecular weight is 212 g/mol. The molecule has 0 radical (unpaired) electrons.